The SMILES string of the molecule is CCCNC(=O)[C@@H](CC)N(Cc1ccc(C)cc1)C(=O)CN(c1ccc(C)cc1C)S(=O)(=O)c1ccc(C)cc1. The van der Waals surface area contributed by atoms with Crippen molar-refractivity contribution in [1.82, 2.24) is 10.2 Å². The second-order valence-electron chi connectivity index (χ2n) is 10.3. The molecule has 0 aliphatic heterocycles. The Balaban J connectivity index is 2.08. The van der Waals surface area contributed by atoms with Crippen molar-refractivity contribution in [2.45, 2.75) is 71.9 Å². The Morgan fingerprint density at radius 1 is 0.825 bits per heavy atom. The largest absolute Gasteiger partial charge is 0.354 e. The van der Waals surface area contributed by atoms with E-state index >= 15 is 0 Å². The summed E-state index contributed by atoms with van der Waals surface area (Å²) in [6.45, 7) is 11.7. The number of carbonyl (C=O) groups is 2. The van der Waals surface area contributed by atoms with E-state index in [4.69, 9.17) is 0 Å². The Hall–Kier alpha value is -3.65. The van der Waals surface area contributed by atoms with Crippen LogP contribution < -0.4 is 9.62 Å². The van der Waals surface area contributed by atoms with Crippen LogP contribution in [0.4, 0.5) is 5.69 Å². The highest BCUT2D eigenvalue weighted by molar-refractivity contribution is 7.92. The number of amides is 2. The van der Waals surface area contributed by atoms with Gasteiger partial charge in [0.25, 0.3) is 10.0 Å². The van der Waals surface area contributed by atoms with E-state index in [0.717, 1.165) is 34.2 Å². The van der Waals surface area contributed by atoms with Crippen molar-refractivity contribution in [3.8, 4) is 0 Å². The van der Waals surface area contributed by atoms with Crippen LogP contribution in [0.1, 0.15) is 54.5 Å². The van der Waals surface area contributed by atoms with Crippen molar-refractivity contribution >= 4 is 27.5 Å². The Morgan fingerprint density at radius 2 is 1.40 bits per heavy atom. The molecule has 3 rings (SSSR count). The normalized spacial score (nSPS) is 12.1. The molecule has 1 N–H and O–H groups in total. The fourth-order valence-electron chi connectivity index (χ4n) is 4.61. The summed E-state index contributed by atoms with van der Waals surface area (Å²) < 4.78 is 29.2. The van der Waals surface area contributed by atoms with Gasteiger partial charge in [0.05, 0.1) is 10.6 Å². The van der Waals surface area contributed by atoms with Crippen molar-refractivity contribution in [2.75, 3.05) is 17.4 Å². The van der Waals surface area contributed by atoms with Gasteiger partial charge in [-0.1, -0.05) is 79.1 Å². The molecule has 7 nitrogen and oxygen atoms in total. The quantitative estimate of drug-likeness (QED) is 0.318. The molecule has 0 unspecified atom stereocenters. The van der Waals surface area contributed by atoms with Gasteiger partial charge in [-0.25, -0.2) is 8.42 Å². The van der Waals surface area contributed by atoms with Crippen molar-refractivity contribution in [1.29, 1.82) is 0 Å². The molecule has 0 aromatic heterocycles. The van der Waals surface area contributed by atoms with Gasteiger partial charge in [0.15, 0.2) is 0 Å². The molecule has 0 heterocycles. The van der Waals surface area contributed by atoms with Gasteiger partial charge in [-0.3, -0.25) is 13.9 Å². The molecule has 0 aliphatic carbocycles. The molecular formula is C32H41N3O4S. The van der Waals surface area contributed by atoms with Crippen LogP contribution in [0.15, 0.2) is 71.6 Å². The molecule has 40 heavy (non-hydrogen) atoms. The topological polar surface area (TPSA) is 86.8 Å². The molecule has 3 aromatic rings. The number of aryl methyl sites for hydroxylation is 4. The first kappa shape index (κ1) is 30.9. The van der Waals surface area contributed by atoms with Gasteiger partial charge in [-0.05, 0) is 69.9 Å². The Bertz CT molecular complexity index is 1420. The van der Waals surface area contributed by atoms with Crippen LogP contribution in [0, 0.1) is 27.7 Å². The number of nitrogens with one attached hydrogen (secondary N) is 1. The summed E-state index contributed by atoms with van der Waals surface area (Å²) in [5.41, 5.74) is 5.03. The molecule has 0 aliphatic rings. The molecule has 0 spiro atoms. The van der Waals surface area contributed by atoms with E-state index in [1.807, 2.05) is 77.9 Å². The number of nitrogens with zero attached hydrogens (tertiary/aromatic N) is 2. The van der Waals surface area contributed by atoms with Crippen LogP contribution in [0.2, 0.25) is 0 Å². The average molecular weight is 564 g/mol. The summed E-state index contributed by atoms with van der Waals surface area (Å²) in [6, 6.07) is 19.1. The molecule has 0 radical (unpaired) electrons. The lowest BCUT2D eigenvalue weighted by Gasteiger charge is -2.33. The fraction of sp³-hybridized carbons (Fsp3) is 0.375. The first-order chi connectivity index (χ1) is 19.0. The van der Waals surface area contributed by atoms with Gasteiger partial charge >= 0.3 is 0 Å². The summed E-state index contributed by atoms with van der Waals surface area (Å²) in [5, 5.41) is 2.91. The lowest BCUT2D eigenvalue weighted by Crippen LogP contribution is -2.52. The molecule has 0 bridgehead atoms. The zero-order chi connectivity index (χ0) is 29.4. The predicted molar refractivity (Wildman–Crippen MR) is 161 cm³/mol. The van der Waals surface area contributed by atoms with E-state index in [2.05, 4.69) is 5.32 Å². The minimum atomic E-state index is -4.09. The maximum Gasteiger partial charge on any atom is 0.264 e. The van der Waals surface area contributed by atoms with Gasteiger partial charge in [0, 0.05) is 13.1 Å². The predicted octanol–water partition coefficient (Wildman–Crippen LogP) is 5.45. The molecule has 214 valence electrons. The lowest BCUT2D eigenvalue weighted by atomic mass is 10.1. The maximum absolute atomic E-state index is 14.1. The molecule has 8 heteroatoms. The van der Waals surface area contributed by atoms with Crippen LogP contribution in [-0.4, -0.2) is 44.3 Å². The van der Waals surface area contributed by atoms with Crippen molar-refractivity contribution in [2.24, 2.45) is 0 Å². The molecular weight excluding hydrogens is 522 g/mol. The minimum Gasteiger partial charge on any atom is -0.354 e. The average Bonchev–Trinajstić information content (AvgIpc) is 2.92. The third-order valence-corrected chi connectivity index (χ3v) is 8.69. The molecule has 0 saturated heterocycles. The van der Waals surface area contributed by atoms with Crippen molar-refractivity contribution < 1.29 is 18.0 Å². The van der Waals surface area contributed by atoms with Gasteiger partial charge < -0.3 is 10.2 Å². The number of hydrogen-bond acceptors (Lipinski definition) is 4. The van der Waals surface area contributed by atoms with Crippen molar-refractivity contribution in [3.05, 3.63) is 94.5 Å². The summed E-state index contributed by atoms with van der Waals surface area (Å²) in [7, 11) is -4.09. The monoisotopic (exact) mass is 563 g/mol. The molecule has 0 fully saturated rings. The van der Waals surface area contributed by atoms with E-state index < -0.39 is 28.5 Å². The maximum atomic E-state index is 14.1. The number of benzene rings is 3. The highest BCUT2D eigenvalue weighted by Crippen LogP contribution is 2.28. The first-order valence-corrected chi connectivity index (χ1v) is 15.2. The van der Waals surface area contributed by atoms with Gasteiger partial charge in [0.2, 0.25) is 11.8 Å². The molecule has 0 saturated carbocycles. The van der Waals surface area contributed by atoms with Gasteiger partial charge in [-0.2, -0.15) is 0 Å². The third-order valence-electron chi connectivity index (χ3n) is 6.92. The van der Waals surface area contributed by atoms with Crippen LogP contribution in [0.3, 0.4) is 0 Å². The second-order valence-corrected chi connectivity index (χ2v) is 12.2. The van der Waals surface area contributed by atoms with E-state index in [9.17, 15) is 18.0 Å². The van der Waals surface area contributed by atoms with E-state index in [-0.39, 0.29) is 17.3 Å². The van der Waals surface area contributed by atoms with Gasteiger partial charge in [0.1, 0.15) is 12.6 Å². The summed E-state index contributed by atoms with van der Waals surface area (Å²) >= 11 is 0. The number of carbonyl (C=O) groups excluding carboxylic acids is 2. The van der Waals surface area contributed by atoms with Crippen LogP contribution in [0.5, 0.6) is 0 Å². The standard InChI is InChI=1S/C32H41N3O4S/c1-7-19-33-32(37)29(8-2)34(21-27-14-9-23(3)10-15-27)31(36)22-35(30-18-13-25(5)20-26(30)6)40(38,39)28-16-11-24(4)12-17-28/h9-18,20,29H,7-8,19,21-22H2,1-6H3,(H,33,37)/t29-/m1/s1. The second kappa shape index (κ2) is 13.6. The smallest absolute Gasteiger partial charge is 0.264 e. The molecule has 1 atom stereocenters. The van der Waals surface area contributed by atoms with Crippen LogP contribution in [0.25, 0.3) is 0 Å². The number of sulfonamides is 1. The zero-order valence-corrected chi connectivity index (χ0v) is 25.2. The highest BCUT2D eigenvalue weighted by atomic mass is 32.2. The zero-order valence-electron chi connectivity index (χ0n) is 24.4. The Kier molecular flexibility index (Phi) is 10.5. The van der Waals surface area contributed by atoms with E-state index in [1.54, 1.807) is 30.3 Å². The molecule has 2 amide bonds. The van der Waals surface area contributed by atoms with Crippen LogP contribution >= 0.6 is 0 Å². The summed E-state index contributed by atoms with van der Waals surface area (Å²) in [4.78, 5) is 28.9. The minimum absolute atomic E-state index is 0.101. The van der Waals surface area contributed by atoms with Crippen molar-refractivity contribution in [3.63, 3.8) is 0 Å². The lowest BCUT2D eigenvalue weighted by molar-refractivity contribution is -0.140. The number of hydrogen-bond donors (Lipinski definition) is 1. The van der Waals surface area contributed by atoms with E-state index in [1.165, 1.54) is 9.21 Å². The number of anilines is 1. The fourth-order valence-corrected chi connectivity index (χ4v) is 6.09. The summed E-state index contributed by atoms with van der Waals surface area (Å²) in [6.07, 6.45) is 1.16. The molecule has 3 aromatic carbocycles. The Morgan fingerprint density at radius 3 is 1.95 bits per heavy atom. The summed E-state index contributed by atoms with van der Waals surface area (Å²) in [5.74, 6) is -0.695. The number of rotatable bonds is 12. The Labute approximate surface area is 239 Å². The third kappa shape index (κ3) is 7.50. The first-order valence-electron chi connectivity index (χ1n) is 13.8. The van der Waals surface area contributed by atoms with E-state index in [0.29, 0.717) is 18.7 Å². The van der Waals surface area contributed by atoms with Gasteiger partial charge in [-0.15, -0.1) is 0 Å². The highest BCUT2D eigenvalue weighted by Gasteiger charge is 2.34. The van der Waals surface area contributed by atoms with Crippen LogP contribution in [-0.2, 0) is 26.2 Å².